The van der Waals surface area contributed by atoms with Crippen LogP contribution < -0.4 is 0 Å². The molecule has 1 fully saturated rings. The van der Waals surface area contributed by atoms with Gasteiger partial charge in [0.15, 0.2) is 0 Å². The largest absolute Gasteiger partial charge is 0.356 e. The third-order valence-electron chi connectivity index (χ3n) is 1.79. The summed E-state index contributed by atoms with van der Waals surface area (Å²) in [6.07, 6.45) is 0.101. The second kappa shape index (κ2) is 5.48. The Kier molecular flexibility index (Phi) is 4.53. The molecule has 4 nitrogen and oxygen atoms in total. The van der Waals surface area contributed by atoms with E-state index in [1.54, 1.807) is 0 Å². The van der Waals surface area contributed by atoms with E-state index in [-0.39, 0.29) is 12.2 Å². The zero-order valence-corrected chi connectivity index (χ0v) is 7.62. The van der Waals surface area contributed by atoms with Crippen molar-refractivity contribution in [2.75, 3.05) is 26.8 Å². The summed E-state index contributed by atoms with van der Waals surface area (Å²) in [7, 11) is 0. The van der Waals surface area contributed by atoms with Crippen LogP contribution in [-0.2, 0) is 18.9 Å². The van der Waals surface area contributed by atoms with E-state index >= 15 is 0 Å². The lowest BCUT2D eigenvalue weighted by Gasteiger charge is -2.28. The smallest absolute Gasteiger partial charge is 0.147 e. The highest BCUT2D eigenvalue weighted by Crippen LogP contribution is 2.09. The molecule has 0 aromatic heterocycles. The first-order valence-corrected chi connectivity index (χ1v) is 4.23. The van der Waals surface area contributed by atoms with Crippen molar-refractivity contribution in [2.24, 2.45) is 0 Å². The first-order chi connectivity index (χ1) is 5.84. The number of rotatable bonds is 4. The molecule has 1 aliphatic rings. The Labute approximate surface area is 72.7 Å². The van der Waals surface area contributed by atoms with Crippen molar-refractivity contribution < 1.29 is 18.9 Å². The molecule has 0 aromatic carbocycles. The van der Waals surface area contributed by atoms with E-state index in [1.165, 1.54) is 0 Å². The molecule has 0 saturated carbocycles. The Morgan fingerprint density at radius 1 is 1.50 bits per heavy atom. The Morgan fingerprint density at radius 3 is 3.00 bits per heavy atom. The highest BCUT2D eigenvalue weighted by molar-refractivity contribution is 4.67. The van der Waals surface area contributed by atoms with Crippen LogP contribution in [0.3, 0.4) is 0 Å². The van der Waals surface area contributed by atoms with Crippen LogP contribution in [0.25, 0.3) is 0 Å². The Morgan fingerprint density at radius 2 is 2.33 bits per heavy atom. The summed E-state index contributed by atoms with van der Waals surface area (Å²) in [6.45, 7) is 5.85. The quantitative estimate of drug-likeness (QED) is 0.468. The lowest BCUT2D eigenvalue weighted by molar-refractivity contribution is -0.223. The molecule has 1 saturated heterocycles. The Bertz CT molecular complexity index is 118. The molecule has 72 valence electrons. The molecule has 0 aliphatic carbocycles. The van der Waals surface area contributed by atoms with E-state index in [0.717, 1.165) is 0 Å². The van der Waals surface area contributed by atoms with E-state index in [1.807, 2.05) is 13.8 Å². The van der Waals surface area contributed by atoms with Crippen LogP contribution in [0.2, 0.25) is 0 Å². The van der Waals surface area contributed by atoms with E-state index in [2.05, 4.69) is 0 Å². The van der Waals surface area contributed by atoms with Gasteiger partial charge in [-0.15, -0.1) is 0 Å². The molecular weight excluding hydrogens is 160 g/mol. The molecule has 1 heterocycles. The van der Waals surface area contributed by atoms with Crippen LogP contribution in [0, 0.1) is 0 Å². The summed E-state index contributed by atoms with van der Waals surface area (Å²) < 4.78 is 20.7. The van der Waals surface area contributed by atoms with Crippen molar-refractivity contribution in [1.29, 1.82) is 0 Å². The topological polar surface area (TPSA) is 36.9 Å². The van der Waals surface area contributed by atoms with Crippen LogP contribution in [0.5, 0.6) is 0 Å². The van der Waals surface area contributed by atoms with Gasteiger partial charge >= 0.3 is 0 Å². The minimum atomic E-state index is 0.00491. The Balaban J connectivity index is 2.11. The SMILES string of the molecule is CCOCOC1COCO[C@@H]1C. The van der Waals surface area contributed by atoms with Crippen LogP contribution in [0.4, 0.5) is 0 Å². The van der Waals surface area contributed by atoms with Gasteiger partial charge in [-0.2, -0.15) is 0 Å². The van der Waals surface area contributed by atoms with E-state index < -0.39 is 0 Å². The van der Waals surface area contributed by atoms with E-state index in [0.29, 0.717) is 26.8 Å². The standard InChI is InChI=1S/C8H16O4/c1-3-9-5-12-8-4-10-6-11-7(8)2/h7-8H,3-6H2,1-2H3/t7-,8?/m1/s1. The average Bonchev–Trinajstić information content (AvgIpc) is 2.09. The zero-order valence-electron chi connectivity index (χ0n) is 7.62. The maximum Gasteiger partial charge on any atom is 0.147 e. The van der Waals surface area contributed by atoms with Crippen molar-refractivity contribution in [3.05, 3.63) is 0 Å². The average molecular weight is 176 g/mol. The second-order valence-corrected chi connectivity index (χ2v) is 2.68. The minimum Gasteiger partial charge on any atom is -0.356 e. The fourth-order valence-electron chi connectivity index (χ4n) is 0.965. The number of hydrogen-bond acceptors (Lipinski definition) is 4. The van der Waals surface area contributed by atoms with Gasteiger partial charge in [-0.05, 0) is 13.8 Å². The lowest BCUT2D eigenvalue weighted by atomic mass is 10.2. The van der Waals surface area contributed by atoms with Crippen LogP contribution in [-0.4, -0.2) is 39.0 Å². The second-order valence-electron chi connectivity index (χ2n) is 2.68. The first kappa shape index (κ1) is 9.92. The van der Waals surface area contributed by atoms with Gasteiger partial charge in [0.25, 0.3) is 0 Å². The molecule has 0 radical (unpaired) electrons. The van der Waals surface area contributed by atoms with Crippen molar-refractivity contribution in [3.63, 3.8) is 0 Å². The number of ether oxygens (including phenoxy) is 4. The normalized spacial score (nSPS) is 30.5. The molecule has 1 aliphatic heterocycles. The first-order valence-electron chi connectivity index (χ1n) is 4.23. The summed E-state index contributed by atoms with van der Waals surface area (Å²) >= 11 is 0. The monoisotopic (exact) mass is 176 g/mol. The molecule has 0 N–H and O–H groups in total. The minimum absolute atomic E-state index is 0.00491. The molecular formula is C8H16O4. The zero-order chi connectivity index (χ0) is 8.81. The summed E-state index contributed by atoms with van der Waals surface area (Å²) in [5.41, 5.74) is 0. The molecule has 2 atom stereocenters. The van der Waals surface area contributed by atoms with Crippen LogP contribution in [0.1, 0.15) is 13.8 Å². The van der Waals surface area contributed by atoms with Gasteiger partial charge in [-0.3, -0.25) is 0 Å². The summed E-state index contributed by atoms with van der Waals surface area (Å²) in [5.74, 6) is 0. The van der Waals surface area contributed by atoms with Crippen molar-refractivity contribution in [2.45, 2.75) is 26.1 Å². The van der Waals surface area contributed by atoms with Gasteiger partial charge in [-0.1, -0.05) is 0 Å². The molecule has 1 unspecified atom stereocenters. The van der Waals surface area contributed by atoms with E-state index in [9.17, 15) is 0 Å². The fraction of sp³-hybridized carbons (Fsp3) is 1.00. The third kappa shape index (κ3) is 3.06. The van der Waals surface area contributed by atoms with Gasteiger partial charge in [0, 0.05) is 6.61 Å². The molecule has 0 amide bonds. The fourth-order valence-corrected chi connectivity index (χ4v) is 0.965. The molecule has 0 aromatic rings. The number of hydrogen-bond donors (Lipinski definition) is 0. The van der Waals surface area contributed by atoms with Gasteiger partial charge < -0.3 is 18.9 Å². The third-order valence-corrected chi connectivity index (χ3v) is 1.79. The summed E-state index contributed by atoms with van der Waals surface area (Å²) in [4.78, 5) is 0. The highest BCUT2D eigenvalue weighted by Gasteiger charge is 2.22. The van der Waals surface area contributed by atoms with Crippen LogP contribution in [0.15, 0.2) is 0 Å². The molecule has 1 rings (SSSR count). The lowest BCUT2D eigenvalue weighted by Crippen LogP contribution is -2.39. The predicted octanol–water partition coefficient (Wildman–Crippen LogP) is 0.758. The van der Waals surface area contributed by atoms with Gasteiger partial charge in [0.2, 0.25) is 0 Å². The summed E-state index contributed by atoms with van der Waals surface area (Å²) in [5, 5.41) is 0. The summed E-state index contributed by atoms with van der Waals surface area (Å²) in [6, 6.07) is 0. The molecule has 4 heteroatoms. The van der Waals surface area contributed by atoms with Crippen LogP contribution >= 0.6 is 0 Å². The predicted molar refractivity (Wildman–Crippen MR) is 42.7 cm³/mol. The Hall–Kier alpha value is -0.160. The van der Waals surface area contributed by atoms with Gasteiger partial charge in [0.05, 0.1) is 12.7 Å². The maximum atomic E-state index is 5.36. The van der Waals surface area contributed by atoms with Gasteiger partial charge in [0.1, 0.15) is 19.7 Å². The maximum absolute atomic E-state index is 5.36. The molecule has 0 spiro atoms. The van der Waals surface area contributed by atoms with Crippen molar-refractivity contribution in [1.82, 2.24) is 0 Å². The van der Waals surface area contributed by atoms with Crippen molar-refractivity contribution >= 4 is 0 Å². The van der Waals surface area contributed by atoms with E-state index in [4.69, 9.17) is 18.9 Å². The molecule has 0 bridgehead atoms. The molecule has 12 heavy (non-hydrogen) atoms. The highest BCUT2D eigenvalue weighted by atomic mass is 16.7. The van der Waals surface area contributed by atoms with Crippen molar-refractivity contribution in [3.8, 4) is 0 Å². The van der Waals surface area contributed by atoms with Gasteiger partial charge in [-0.25, -0.2) is 0 Å².